The number of sulfonamides is 1. The van der Waals surface area contributed by atoms with E-state index in [1.165, 1.54) is 11.1 Å². The average molecular weight is 368 g/mol. The van der Waals surface area contributed by atoms with Crippen molar-refractivity contribution in [1.29, 1.82) is 0 Å². The molecule has 1 N–H and O–H groups in total. The second-order valence-corrected chi connectivity index (χ2v) is 10.1. The third kappa shape index (κ3) is 2.95. The summed E-state index contributed by atoms with van der Waals surface area (Å²) in [6, 6.07) is 11.7. The molecule has 1 saturated carbocycles. The number of halogens is 1. The number of benzene rings is 1. The van der Waals surface area contributed by atoms with Crippen LogP contribution in [0.2, 0.25) is 4.34 Å². The van der Waals surface area contributed by atoms with Gasteiger partial charge in [-0.05, 0) is 54.9 Å². The fraction of sp³-hybridized carbons (Fsp3) is 0.412. The van der Waals surface area contributed by atoms with Gasteiger partial charge >= 0.3 is 0 Å². The Hall–Kier alpha value is -0.880. The number of rotatable bonds is 3. The molecular formula is C17H18ClNO2S2. The quantitative estimate of drug-likeness (QED) is 0.884. The van der Waals surface area contributed by atoms with Crippen molar-refractivity contribution in [3.63, 3.8) is 0 Å². The Morgan fingerprint density at radius 1 is 1.13 bits per heavy atom. The molecule has 6 heteroatoms. The molecule has 0 spiro atoms. The molecule has 3 unspecified atom stereocenters. The van der Waals surface area contributed by atoms with E-state index in [9.17, 15) is 8.42 Å². The summed E-state index contributed by atoms with van der Waals surface area (Å²) in [6.45, 7) is 0. The Morgan fingerprint density at radius 3 is 2.74 bits per heavy atom. The van der Waals surface area contributed by atoms with Gasteiger partial charge in [-0.25, -0.2) is 13.1 Å². The summed E-state index contributed by atoms with van der Waals surface area (Å²) < 4.78 is 29.0. The van der Waals surface area contributed by atoms with Gasteiger partial charge in [0.25, 0.3) is 0 Å². The van der Waals surface area contributed by atoms with Crippen LogP contribution in [0.3, 0.4) is 0 Å². The molecule has 1 fully saturated rings. The molecule has 1 aromatic heterocycles. The van der Waals surface area contributed by atoms with Crippen LogP contribution in [0.25, 0.3) is 0 Å². The van der Waals surface area contributed by atoms with E-state index < -0.39 is 10.0 Å². The van der Waals surface area contributed by atoms with E-state index in [2.05, 4.69) is 29.0 Å². The largest absolute Gasteiger partial charge is 0.250 e. The predicted octanol–water partition coefficient (Wildman–Crippen LogP) is 4.19. The van der Waals surface area contributed by atoms with Gasteiger partial charge in [0, 0.05) is 12.0 Å². The van der Waals surface area contributed by atoms with Crippen LogP contribution in [-0.2, 0) is 16.4 Å². The first-order chi connectivity index (χ1) is 11.0. The van der Waals surface area contributed by atoms with Crippen molar-refractivity contribution in [3.05, 3.63) is 51.9 Å². The van der Waals surface area contributed by atoms with Gasteiger partial charge < -0.3 is 0 Å². The van der Waals surface area contributed by atoms with Crippen LogP contribution in [0, 0.1) is 5.92 Å². The summed E-state index contributed by atoms with van der Waals surface area (Å²) in [5.41, 5.74) is 2.70. The van der Waals surface area contributed by atoms with Crippen LogP contribution in [-0.4, -0.2) is 14.5 Å². The molecule has 0 amide bonds. The minimum absolute atomic E-state index is 0.0210. The molecule has 2 aliphatic carbocycles. The molecule has 2 aromatic rings. The average Bonchev–Trinajstić information content (AvgIpc) is 3.06. The molecule has 23 heavy (non-hydrogen) atoms. The van der Waals surface area contributed by atoms with Crippen LogP contribution in [0.15, 0.2) is 40.6 Å². The zero-order chi connectivity index (χ0) is 16.0. The standard InChI is InChI=1S/C17H18ClNO2S2/c18-16-7-8-17(22-16)23(20,21)19-15-10-11-5-6-12-3-1-2-4-13(12)14(15)9-11/h1-4,7-8,11,14-15,19H,5-6,9-10H2. The molecule has 3 nitrogen and oxygen atoms in total. The van der Waals surface area contributed by atoms with Crippen molar-refractivity contribution >= 4 is 33.0 Å². The maximum absolute atomic E-state index is 12.6. The van der Waals surface area contributed by atoms with E-state index in [0.717, 1.165) is 37.0 Å². The molecule has 2 aliphatic rings. The number of fused-ring (bicyclic) bond motifs is 4. The van der Waals surface area contributed by atoms with Gasteiger partial charge in [0.15, 0.2) is 0 Å². The number of aryl methyl sites for hydroxylation is 1. The van der Waals surface area contributed by atoms with Crippen molar-refractivity contribution in [2.75, 3.05) is 0 Å². The first-order valence-electron chi connectivity index (χ1n) is 7.88. The highest BCUT2D eigenvalue weighted by Crippen LogP contribution is 2.45. The summed E-state index contributed by atoms with van der Waals surface area (Å²) in [6.07, 6.45) is 4.26. The highest BCUT2D eigenvalue weighted by molar-refractivity contribution is 7.91. The summed E-state index contributed by atoms with van der Waals surface area (Å²) in [5.74, 6) is 0.885. The molecule has 0 radical (unpaired) electrons. The van der Waals surface area contributed by atoms with E-state index in [1.54, 1.807) is 12.1 Å². The minimum atomic E-state index is -3.49. The maximum atomic E-state index is 12.6. The van der Waals surface area contributed by atoms with E-state index in [1.807, 2.05) is 0 Å². The van der Waals surface area contributed by atoms with Gasteiger partial charge in [-0.2, -0.15) is 0 Å². The van der Waals surface area contributed by atoms with Crippen molar-refractivity contribution in [2.24, 2.45) is 5.92 Å². The SMILES string of the molecule is O=S(=O)(NC1CC2CCc3ccccc3C1C2)c1ccc(Cl)s1. The molecule has 0 aliphatic heterocycles. The Bertz CT molecular complexity index is 831. The summed E-state index contributed by atoms with van der Waals surface area (Å²) in [5, 5.41) is 0. The summed E-state index contributed by atoms with van der Waals surface area (Å²) in [7, 11) is -3.49. The molecule has 4 rings (SSSR count). The van der Waals surface area contributed by atoms with Gasteiger partial charge in [-0.3, -0.25) is 0 Å². The number of hydrogen-bond donors (Lipinski definition) is 1. The third-order valence-electron chi connectivity index (χ3n) is 5.06. The predicted molar refractivity (Wildman–Crippen MR) is 93.7 cm³/mol. The maximum Gasteiger partial charge on any atom is 0.250 e. The zero-order valence-electron chi connectivity index (χ0n) is 12.5. The van der Waals surface area contributed by atoms with Crippen LogP contribution in [0.4, 0.5) is 0 Å². The lowest BCUT2D eigenvalue weighted by atomic mass is 9.90. The van der Waals surface area contributed by atoms with Crippen molar-refractivity contribution in [3.8, 4) is 0 Å². The highest BCUT2D eigenvalue weighted by atomic mass is 35.5. The first-order valence-corrected chi connectivity index (χ1v) is 10.6. The second kappa shape index (κ2) is 5.88. The molecule has 3 atom stereocenters. The molecule has 1 aromatic carbocycles. The molecule has 2 bridgehead atoms. The Balaban J connectivity index is 1.64. The first kappa shape index (κ1) is 15.6. The highest BCUT2D eigenvalue weighted by Gasteiger charge is 2.40. The van der Waals surface area contributed by atoms with Gasteiger partial charge in [0.1, 0.15) is 4.21 Å². The van der Waals surface area contributed by atoms with Gasteiger partial charge in [0.2, 0.25) is 10.0 Å². The summed E-state index contributed by atoms with van der Waals surface area (Å²) >= 11 is 7.00. The smallest absolute Gasteiger partial charge is 0.207 e. The van der Waals surface area contributed by atoms with Crippen LogP contribution < -0.4 is 4.72 Å². The fourth-order valence-corrected chi connectivity index (χ4v) is 6.82. The monoisotopic (exact) mass is 367 g/mol. The van der Waals surface area contributed by atoms with Gasteiger partial charge in [-0.15, -0.1) is 11.3 Å². The van der Waals surface area contributed by atoms with E-state index in [0.29, 0.717) is 14.5 Å². The van der Waals surface area contributed by atoms with E-state index >= 15 is 0 Å². The Kier molecular flexibility index (Phi) is 4.00. The zero-order valence-corrected chi connectivity index (χ0v) is 14.9. The van der Waals surface area contributed by atoms with Gasteiger partial charge in [-0.1, -0.05) is 35.9 Å². The van der Waals surface area contributed by atoms with E-state index in [4.69, 9.17) is 11.6 Å². The molecule has 1 heterocycles. The lowest BCUT2D eigenvalue weighted by Gasteiger charge is -2.23. The van der Waals surface area contributed by atoms with Crippen molar-refractivity contribution in [1.82, 2.24) is 4.72 Å². The Labute approximate surface area is 145 Å². The molecular weight excluding hydrogens is 350 g/mol. The van der Waals surface area contributed by atoms with Crippen molar-refractivity contribution in [2.45, 2.75) is 41.9 Å². The number of nitrogens with one attached hydrogen (secondary N) is 1. The molecule has 0 saturated heterocycles. The fourth-order valence-electron chi connectivity index (χ4n) is 4.04. The van der Waals surface area contributed by atoms with Crippen molar-refractivity contribution < 1.29 is 8.42 Å². The van der Waals surface area contributed by atoms with E-state index in [-0.39, 0.29) is 12.0 Å². The van der Waals surface area contributed by atoms with Crippen LogP contribution in [0.5, 0.6) is 0 Å². The third-order valence-corrected chi connectivity index (χ3v) is 8.27. The summed E-state index contributed by atoms with van der Waals surface area (Å²) in [4.78, 5) is 0. The Morgan fingerprint density at radius 2 is 1.96 bits per heavy atom. The van der Waals surface area contributed by atoms with Crippen LogP contribution >= 0.6 is 22.9 Å². The molecule has 122 valence electrons. The number of thiophene rings is 1. The lowest BCUT2D eigenvalue weighted by molar-refractivity contribution is 0.482. The van der Waals surface area contributed by atoms with Gasteiger partial charge in [0.05, 0.1) is 4.34 Å². The topological polar surface area (TPSA) is 46.2 Å². The second-order valence-electron chi connectivity index (χ2n) is 6.47. The van der Waals surface area contributed by atoms with Crippen LogP contribution in [0.1, 0.15) is 36.3 Å². The lowest BCUT2D eigenvalue weighted by Crippen LogP contribution is -2.36. The normalized spacial score (nSPS) is 26.7. The number of hydrogen-bond acceptors (Lipinski definition) is 3. The minimum Gasteiger partial charge on any atom is -0.207 e.